The number of benzene rings is 2. The van der Waals surface area contributed by atoms with Crippen molar-refractivity contribution >= 4 is 17.4 Å². The van der Waals surface area contributed by atoms with E-state index in [1.807, 2.05) is 13.8 Å². The average molecular weight is 475 g/mol. The van der Waals surface area contributed by atoms with Crippen LogP contribution in [0.5, 0.6) is 5.75 Å². The van der Waals surface area contributed by atoms with E-state index in [1.54, 1.807) is 49.6 Å². The molecule has 1 amide bonds. The molecule has 1 fully saturated rings. The van der Waals surface area contributed by atoms with E-state index < -0.39 is 23.5 Å². The van der Waals surface area contributed by atoms with Gasteiger partial charge in [-0.2, -0.15) is 0 Å². The molecule has 0 saturated carbocycles. The highest BCUT2D eigenvalue weighted by molar-refractivity contribution is 6.46. The van der Waals surface area contributed by atoms with Gasteiger partial charge in [-0.15, -0.1) is 0 Å². The number of amides is 1. The number of halogens is 1. The van der Waals surface area contributed by atoms with Gasteiger partial charge in [0.1, 0.15) is 17.3 Å². The van der Waals surface area contributed by atoms with Gasteiger partial charge in [-0.3, -0.25) is 14.6 Å². The number of aryl methyl sites for hydroxylation is 1. The Balaban J connectivity index is 1.79. The number of Topliss-reactive ketones (excluding diaryl/α,β-unsaturated/α-hetero) is 1. The Hall–Kier alpha value is -4.00. The fourth-order valence-corrected chi connectivity index (χ4v) is 4.12. The van der Waals surface area contributed by atoms with Crippen molar-refractivity contribution in [3.8, 4) is 5.75 Å². The van der Waals surface area contributed by atoms with Crippen molar-refractivity contribution < 1.29 is 23.8 Å². The summed E-state index contributed by atoms with van der Waals surface area (Å²) in [5, 5.41) is 11.3. The first-order valence-electron chi connectivity index (χ1n) is 11.4. The number of hydrogen-bond donors (Lipinski definition) is 1. The maximum absolute atomic E-state index is 13.7. The number of aromatic nitrogens is 1. The third-order valence-electron chi connectivity index (χ3n) is 5.84. The predicted molar refractivity (Wildman–Crippen MR) is 130 cm³/mol. The van der Waals surface area contributed by atoms with Crippen LogP contribution in [0.1, 0.15) is 42.1 Å². The molecule has 180 valence electrons. The number of ketones is 1. The van der Waals surface area contributed by atoms with E-state index in [-0.39, 0.29) is 17.9 Å². The van der Waals surface area contributed by atoms with E-state index in [0.717, 1.165) is 5.56 Å². The number of nitrogens with zero attached hydrogens (tertiary/aromatic N) is 2. The Morgan fingerprint density at radius 2 is 1.89 bits per heavy atom. The number of aliphatic hydroxyl groups is 1. The largest absolute Gasteiger partial charge is 0.507 e. The van der Waals surface area contributed by atoms with Crippen molar-refractivity contribution in [1.82, 2.24) is 9.88 Å². The lowest BCUT2D eigenvalue weighted by molar-refractivity contribution is -0.140. The van der Waals surface area contributed by atoms with Crippen molar-refractivity contribution in [1.29, 1.82) is 0 Å². The number of hydrogen-bond acceptors (Lipinski definition) is 5. The molecule has 2 heterocycles. The van der Waals surface area contributed by atoms with E-state index >= 15 is 0 Å². The fraction of sp³-hybridized carbons (Fsp3) is 0.250. The Morgan fingerprint density at radius 1 is 1.14 bits per heavy atom. The van der Waals surface area contributed by atoms with Gasteiger partial charge in [0.25, 0.3) is 11.7 Å². The summed E-state index contributed by atoms with van der Waals surface area (Å²) in [5.74, 6) is -1.24. The van der Waals surface area contributed by atoms with Crippen molar-refractivity contribution in [2.24, 2.45) is 5.92 Å². The normalized spacial score (nSPS) is 17.3. The molecule has 1 saturated heterocycles. The molecule has 1 N–H and O–H groups in total. The second kappa shape index (κ2) is 10.1. The first-order valence-corrected chi connectivity index (χ1v) is 11.4. The molecule has 3 aromatic rings. The highest BCUT2D eigenvalue weighted by Crippen LogP contribution is 2.41. The molecular weight excluding hydrogens is 447 g/mol. The molecule has 0 spiro atoms. The van der Waals surface area contributed by atoms with Gasteiger partial charge in [-0.05, 0) is 65.9 Å². The zero-order valence-corrected chi connectivity index (χ0v) is 19.9. The Labute approximate surface area is 203 Å². The molecule has 0 unspecified atom stereocenters. The zero-order valence-electron chi connectivity index (χ0n) is 19.9. The van der Waals surface area contributed by atoms with Gasteiger partial charge in [0.15, 0.2) is 0 Å². The van der Waals surface area contributed by atoms with Crippen molar-refractivity contribution in [3.05, 3.63) is 101 Å². The van der Waals surface area contributed by atoms with Gasteiger partial charge in [-0.25, -0.2) is 4.39 Å². The maximum atomic E-state index is 13.7. The Kier molecular flexibility index (Phi) is 6.96. The number of aliphatic hydroxyl groups excluding tert-OH is 1. The SMILES string of the molecule is Cc1cc(OCC(C)C)ccc1/C(O)=C1\C(=O)C(=O)N(Cc2cccnc2)[C@H]1c1ccc(F)cc1. The van der Waals surface area contributed by atoms with E-state index in [9.17, 15) is 19.1 Å². The van der Waals surface area contributed by atoms with Crippen LogP contribution in [0.25, 0.3) is 5.76 Å². The summed E-state index contributed by atoms with van der Waals surface area (Å²) in [7, 11) is 0. The van der Waals surface area contributed by atoms with Crippen LogP contribution in [0.4, 0.5) is 4.39 Å². The van der Waals surface area contributed by atoms with Gasteiger partial charge < -0.3 is 14.7 Å². The quantitative estimate of drug-likeness (QED) is 0.290. The van der Waals surface area contributed by atoms with Gasteiger partial charge in [-0.1, -0.05) is 32.0 Å². The van der Waals surface area contributed by atoms with Crippen LogP contribution < -0.4 is 4.74 Å². The molecule has 35 heavy (non-hydrogen) atoms. The number of rotatable bonds is 7. The molecular formula is C28H27FN2O4. The molecule has 1 aromatic heterocycles. The molecule has 6 nitrogen and oxygen atoms in total. The molecule has 1 aliphatic rings. The number of ether oxygens (including phenoxy) is 1. The van der Waals surface area contributed by atoms with Gasteiger partial charge in [0.2, 0.25) is 0 Å². The molecule has 7 heteroatoms. The molecule has 0 bridgehead atoms. The van der Waals surface area contributed by atoms with Crippen molar-refractivity contribution in [2.45, 2.75) is 33.4 Å². The lowest BCUT2D eigenvalue weighted by Crippen LogP contribution is -2.29. The van der Waals surface area contributed by atoms with Gasteiger partial charge in [0.05, 0.1) is 18.2 Å². The summed E-state index contributed by atoms with van der Waals surface area (Å²) in [6.45, 7) is 6.56. The minimum absolute atomic E-state index is 0.0375. The second-order valence-electron chi connectivity index (χ2n) is 9.02. The third kappa shape index (κ3) is 5.09. The standard InChI is InChI=1S/C28H27FN2O4/c1-17(2)16-35-22-10-11-23(18(3)13-22)26(32)24-25(20-6-8-21(29)9-7-20)31(28(34)27(24)33)15-19-5-4-12-30-14-19/h4-14,17,25,32H,15-16H2,1-3H3/b26-24+/t25-/m0/s1. The minimum atomic E-state index is -0.882. The summed E-state index contributed by atoms with van der Waals surface area (Å²) >= 11 is 0. The van der Waals surface area contributed by atoms with Crippen LogP contribution in [0.3, 0.4) is 0 Å². The molecule has 1 aliphatic heterocycles. The van der Waals surface area contributed by atoms with Crippen LogP contribution in [0, 0.1) is 18.7 Å². The molecule has 0 aliphatic carbocycles. The lowest BCUT2D eigenvalue weighted by Gasteiger charge is -2.25. The molecule has 2 aromatic carbocycles. The number of likely N-dealkylation sites (tertiary alicyclic amines) is 1. The smallest absolute Gasteiger partial charge is 0.295 e. The van der Waals surface area contributed by atoms with E-state index in [4.69, 9.17) is 4.74 Å². The van der Waals surface area contributed by atoms with Gasteiger partial charge in [0, 0.05) is 24.5 Å². The zero-order chi connectivity index (χ0) is 25.1. The second-order valence-corrected chi connectivity index (χ2v) is 9.02. The third-order valence-corrected chi connectivity index (χ3v) is 5.84. The highest BCUT2D eigenvalue weighted by atomic mass is 19.1. The van der Waals surface area contributed by atoms with Crippen LogP contribution in [0.15, 0.2) is 72.6 Å². The number of carbonyl (C=O) groups excluding carboxylic acids is 2. The fourth-order valence-electron chi connectivity index (χ4n) is 4.12. The minimum Gasteiger partial charge on any atom is -0.507 e. The summed E-state index contributed by atoms with van der Waals surface area (Å²) in [4.78, 5) is 31.8. The highest BCUT2D eigenvalue weighted by Gasteiger charge is 2.46. The Bertz CT molecular complexity index is 1270. The molecule has 4 rings (SSSR count). The average Bonchev–Trinajstić information content (AvgIpc) is 3.08. The predicted octanol–water partition coefficient (Wildman–Crippen LogP) is 5.19. The first-order chi connectivity index (χ1) is 16.8. The summed E-state index contributed by atoms with van der Waals surface area (Å²) in [6, 6.07) is 13.4. The van der Waals surface area contributed by atoms with Crippen LogP contribution >= 0.6 is 0 Å². The molecule has 1 atom stereocenters. The monoisotopic (exact) mass is 474 g/mol. The summed E-state index contributed by atoms with van der Waals surface area (Å²) in [5.41, 5.74) is 2.33. The van der Waals surface area contributed by atoms with Crippen LogP contribution in [-0.4, -0.2) is 33.3 Å². The van der Waals surface area contributed by atoms with Crippen molar-refractivity contribution in [3.63, 3.8) is 0 Å². The summed E-state index contributed by atoms with van der Waals surface area (Å²) < 4.78 is 19.4. The van der Waals surface area contributed by atoms with E-state index in [2.05, 4.69) is 4.98 Å². The van der Waals surface area contributed by atoms with Crippen LogP contribution in [-0.2, 0) is 16.1 Å². The van der Waals surface area contributed by atoms with E-state index in [0.29, 0.717) is 35.0 Å². The number of carbonyl (C=O) groups is 2. The topological polar surface area (TPSA) is 79.7 Å². The van der Waals surface area contributed by atoms with Crippen LogP contribution in [0.2, 0.25) is 0 Å². The maximum Gasteiger partial charge on any atom is 0.295 e. The van der Waals surface area contributed by atoms with Gasteiger partial charge >= 0.3 is 0 Å². The first kappa shape index (κ1) is 24.1. The Morgan fingerprint density at radius 3 is 2.51 bits per heavy atom. The summed E-state index contributed by atoms with van der Waals surface area (Å²) in [6.07, 6.45) is 3.23. The molecule has 0 radical (unpaired) electrons. The number of pyridine rings is 1. The lowest BCUT2D eigenvalue weighted by atomic mass is 9.93. The van der Waals surface area contributed by atoms with E-state index in [1.165, 1.54) is 29.2 Å². The van der Waals surface area contributed by atoms with Crippen molar-refractivity contribution in [2.75, 3.05) is 6.61 Å².